The van der Waals surface area contributed by atoms with Gasteiger partial charge in [-0.3, -0.25) is 4.84 Å². The Balaban J connectivity index is 1.99. The summed E-state index contributed by atoms with van der Waals surface area (Å²) in [4.78, 5) is 5.61. The van der Waals surface area contributed by atoms with Crippen LogP contribution in [0.5, 0.6) is 0 Å². The van der Waals surface area contributed by atoms with Crippen molar-refractivity contribution < 1.29 is 17.8 Å². The van der Waals surface area contributed by atoms with Crippen LogP contribution in [0.2, 0.25) is 0 Å². The van der Waals surface area contributed by atoms with Gasteiger partial charge in [0.05, 0.1) is 5.60 Å². The second kappa shape index (κ2) is 5.04. The Hall–Kier alpha value is -1.44. The molecule has 0 saturated carbocycles. The van der Waals surface area contributed by atoms with Gasteiger partial charge in [-0.05, 0) is 32.9 Å². The molecule has 0 spiro atoms. The van der Waals surface area contributed by atoms with Crippen molar-refractivity contribution in [3.05, 3.63) is 30.0 Å². The lowest BCUT2D eigenvalue weighted by atomic mass is 10.1. The van der Waals surface area contributed by atoms with Gasteiger partial charge in [-0.15, -0.1) is 0 Å². The van der Waals surface area contributed by atoms with Crippen molar-refractivity contribution in [2.75, 3.05) is 7.05 Å². The number of hydrogen-bond donors (Lipinski definition) is 0. The zero-order chi connectivity index (χ0) is 16.1. The minimum absolute atomic E-state index is 0.423. The molecule has 0 aliphatic carbocycles. The molecule has 22 heavy (non-hydrogen) atoms. The van der Waals surface area contributed by atoms with Crippen LogP contribution in [0, 0.1) is 0 Å². The highest BCUT2D eigenvalue weighted by Gasteiger charge is 2.47. The van der Waals surface area contributed by atoms with E-state index in [4.69, 9.17) is 9.36 Å². The number of para-hydroxylation sites is 1. The highest BCUT2D eigenvalue weighted by atomic mass is 32.2. The number of nitrogens with zero attached hydrogens (tertiary/aromatic N) is 2. The lowest BCUT2D eigenvalue weighted by molar-refractivity contribution is -0.168. The summed E-state index contributed by atoms with van der Waals surface area (Å²) in [6.45, 7) is 5.42. The SMILES string of the molecule is CC(c1noc2ccccc12)S(=O)(=O)C1CC(C)(C)ON1C. The van der Waals surface area contributed by atoms with Crippen LogP contribution in [0.25, 0.3) is 11.0 Å². The predicted molar refractivity (Wildman–Crippen MR) is 82.7 cm³/mol. The summed E-state index contributed by atoms with van der Waals surface area (Å²) >= 11 is 0. The summed E-state index contributed by atoms with van der Waals surface area (Å²) in [6.07, 6.45) is 0.423. The van der Waals surface area contributed by atoms with Gasteiger partial charge in [0.15, 0.2) is 15.4 Å². The van der Waals surface area contributed by atoms with Crippen molar-refractivity contribution >= 4 is 20.8 Å². The van der Waals surface area contributed by atoms with E-state index in [1.165, 1.54) is 5.06 Å². The van der Waals surface area contributed by atoms with Gasteiger partial charge >= 0.3 is 0 Å². The summed E-state index contributed by atoms with van der Waals surface area (Å²) in [6, 6.07) is 7.28. The smallest absolute Gasteiger partial charge is 0.177 e. The van der Waals surface area contributed by atoms with Crippen LogP contribution in [0.4, 0.5) is 0 Å². The summed E-state index contributed by atoms with van der Waals surface area (Å²) in [7, 11) is -1.84. The number of aromatic nitrogens is 1. The van der Waals surface area contributed by atoms with E-state index in [0.29, 0.717) is 17.7 Å². The highest BCUT2D eigenvalue weighted by Crippen LogP contribution is 2.38. The minimum Gasteiger partial charge on any atom is -0.356 e. The third-order valence-corrected chi connectivity index (χ3v) is 6.56. The van der Waals surface area contributed by atoms with Crippen LogP contribution in [0.3, 0.4) is 0 Å². The Kier molecular flexibility index (Phi) is 3.54. The van der Waals surface area contributed by atoms with E-state index in [2.05, 4.69) is 5.16 Å². The molecule has 120 valence electrons. The number of benzene rings is 1. The van der Waals surface area contributed by atoms with Crippen molar-refractivity contribution in [1.29, 1.82) is 0 Å². The molecule has 2 atom stereocenters. The summed E-state index contributed by atoms with van der Waals surface area (Å²) in [5.41, 5.74) is 0.558. The first-order chi connectivity index (χ1) is 10.2. The third-order valence-electron chi connectivity index (χ3n) is 4.13. The first-order valence-corrected chi connectivity index (χ1v) is 8.82. The topological polar surface area (TPSA) is 72.6 Å². The van der Waals surface area contributed by atoms with E-state index in [1.54, 1.807) is 20.0 Å². The van der Waals surface area contributed by atoms with Gasteiger partial charge in [-0.25, -0.2) is 8.42 Å². The van der Waals surface area contributed by atoms with Crippen molar-refractivity contribution in [2.45, 2.75) is 43.4 Å². The second-order valence-corrected chi connectivity index (χ2v) is 8.78. The van der Waals surface area contributed by atoms with Crippen LogP contribution >= 0.6 is 0 Å². The third kappa shape index (κ3) is 2.43. The molecule has 1 aromatic carbocycles. The van der Waals surface area contributed by atoms with Gasteiger partial charge < -0.3 is 4.52 Å². The fraction of sp³-hybridized carbons (Fsp3) is 0.533. The molecule has 1 aliphatic heterocycles. The predicted octanol–water partition coefficient (Wildman–Crippen LogP) is 2.68. The average molecular weight is 324 g/mol. The molecule has 1 fully saturated rings. The maximum atomic E-state index is 13.0. The maximum absolute atomic E-state index is 13.0. The molecule has 1 aromatic heterocycles. The number of hydrogen-bond acceptors (Lipinski definition) is 6. The van der Waals surface area contributed by atoms with E-state index in [9.17, 15) is 8.42 Å². The number of hydroxylamine groups is 2. The number of sulfone groups is 1. The van der Waals surface area contributed by atoms with E-state index in [-0.39, 0.29) is 0 Å². The molecular formula is C15H20N2O4S. The Labute approximate surface area is 129 Å². The van der Waals surface area contributed by atoms with Crippen molar-refractivity contribution in [2.24, 2.45) is 0 Å². The molecule has 2 aromatic rings. The van der Waals surface area contributed by atoms with Crippen molar-refractivity contribution in [3.8, 4) is 0 Å². The molecule has 6 nitrogen and oxygen atoms in total. The molecule has 0 radical (unpaired) electrons. The fourth-order valence-electron chi connectivity index (χ4n) is 2.95. The highest BCUT2D eigenvalue weighted by molar-refractivity contribution is 7.92. The summed E-state index contributed by atoms with van der Waals surface area (Å²) < 4.78 is 31.2. The van der Waals surface area contributed by atoms with E-state index in [0.717, 1.165) is 5.39 Å². The number of rotatable bonds is 3. The van der Waals surface area contributed by atoms with Crippen LogP contribution in [0.1, 0.15) is 38.1 Å². The largest absolute Gasteiger partial charge is 0.356 e. The molecule has 0 bridgehead atoms. The van der Waals surface area contributed by atoms with Gasteiger partial charge in [0.2, 0.25) is 0 Å². The molecule has 2 unspecified atom stereocenters. The Morgan fingerprint density at radius 3 is 2.68 bits per heavy atom. The molecule has 1 aliphatic rings. The molecular weight excluding hydrogens is 304 g/mol. The second-order valence-electron chi connectivity index (χ2n) is 6.35. The standard InChI is InChI=1S/C15H20N2O4S/c1-10(14-11-7-5-6-8-12(11)20-16-14)22(18,19)13-9-15(2,3)21-17(13)4/h5-8,10,13H,9H2,1-4H3. The quantitative estimate of drug-likeness (QED) is 0.864. The molecule has 3 rings (SSSR count). The monoisotopic (exact) mass is 324 g/mol. The Bertz CT molecular complexity index is 797. The molecule has 0 amide bonds. The van der Waals surface area contributed by atoms with Crippen molar-refractivity contribution in [1.82, 2.24) is 10.2 Å². The fourth-order valence-corrected chi connectivity index (χ4v) is 4.99. The van der Waals surface area contributed by atoms with Gasteiger partial charge in [0.25, 0.3) is 0 Å². The van der Waals surface area contributed by atoms with Crippen LogP contribution in [-0.4, -0.2) is 36.7 Å². The van der Waals surface area contributed by atoms with Crippen LogP contribution in [0.15, 0.2) is 28.8 Å². The molecule has 2 heterocycles. The van der Waals surface area contributed by atoms with Gasteiger partial charge in [0, 0.05) is 18.9 Å². The Morgan fingerprint density at radius 2 is 2.05 bits per heavy atom. The van der Waals surface area contributed by atoms with Crippen LogP contribution < -0.4 is 0 Å². The zero-order valence-corrected chi connectivity index (χ0v) is 13.9. The Morgan fingerprint density at radius 1 is 1.36 bits per heavy atom. The van der Waals surface area contributed by atoms with E-state index in [1.807, 2.05) is 32.0 Å². The van der Waals surface area contributed by atoms with Crippen LogP contribution in [-0.2, 0) is 14.7 Å². The molecule has 7 heteroatoms. The molecule has 0 N–H and O–H groups in total. The molecule has 1 saturated heterocycles. The first-order valence-electron chi connectivity index (χ1n) is 7.21. The van der Waals surface area contributed by atoms with Gasteiger partial charge in [0.1, 0.15) is 16.3 Å². The normalized spacial score (nSPS) is 23.9. The minimum atomic E-state index is -3.49. The lowest BCUT2D eigenvalue weighted by Crippen LogP contribution is -2.34. The van der Waals surface area contributed by atoms with Gasteiger partial charge in [-0.1, -0.05) is 17.3 Å². The number of fused-ring (bicyclic) bond motifs is 1. The summed E-state index contributed by atoms with van der Waals surface area (Å²) in [5.74, 6) is 0. The van der Waals surface area contributed by atoms with Crippen molar-refractivity contribution in [3.63, 3.8) is 0 Å². The van der Waals surface area contributed by atoms with Gasteiger partial charge in [-0.2, -0.15) is 5.06 Å². The zero-order valence-electron chi connectivity index (χ0n) is 13.1. The van der Waals surface area contributed by atoms with E-state index < -0.39 is 26.1 Å². The summed E-state index contributed by atoms with van der Waals surface area (Å²) in [5, 5.41) is 4.71. The first kappa shape index (κ1) is 15.5. The maximum Gasteiger partial charge on any atom is 0.177 e. The average Bonchev–Trinajstić information content (AvgIpc) is 2.98. The van der Waals surface area contributed by atoms with E-state index >= 15 is 0 Å². The lowest BCUT2D eigenvalue weighted by Gasteiger charge is -2.21.